The van der Waals surface area contributed by atoms with E-state index in [1.807, 2.05) is 10.3 Å². The fourth-order valence-electron chi connectivity index (χ4n) is 2.36. The maximum atomic E-state index is 12.3. The molecule has 1 saturated heterocycles. The fraction of sp³-hybridized carbons (Fsp3) is 0.583. The zero-order chi connectivity index (χ0) is 11.7. The molecule has 2 heterocycles. The second-order valence-corrected chi connectivity index (χ2v) is 5.57. The average molecular weight is 238 g/mol. The highest BCUT2D eigenvalue weighted by atomic mass is 32.1. The first-order chi connectivity index (χ1) is 7.61. The summed E-state index contributed by atoms with van der Waals surface area (Å²) in [6.07, 6.45) is 2.23. The lowest BCUT2D eigenvalue weighted by atomic mass is 10.0. The maximum absolute atomic E-state index is 12.3. The second kappa shape index (κ2) is 4.45. The van der Waals surface area contributed by atoms with Crippen LogP contribution in [-0.2, 0) is 0 Å². The van der Waals surface area contributed by atoms with Gasteiger partial charge in [-0.2, -0.15) is 0 Å². The molecule has 3 nitrogen and oxygen atoms in total. The minimum absolute atomic E-state index is 0.115. The van der Waals surface area contributed by atoms with Gasteiger partial charge >= 0.3 is 0 Å². The van der Waals surface area contributed by atoms with Gasteiger partial charge in [0.15, 0.2) is 0 Å². The van der Waals surface area contributed by atoms with Gasteiger partial charge in [-0.3, -0.25) is 4.79 Å². The smallest absolute Gasteiger partial charge is 0.266 e. The third-order valence-electron chi connectivity index (χ3n) is 3.22. The predicted molar refractivity (Wildman–Crippen MR) is 67.6 cm³/mol. The molecule has 0 spiro atoms. The zero-order valence-corrected chi connectivity index (χ0v) is 10.6. The molecule has 4 heteroatoms. The summed E-state index contributed by atoms with van der Waals surface area (Å²) in [7, 11) is 0. The Bertz CT molecular complexity index is 386. The summed E-state index contributed by atoms with van der Waals surface area (Å²) in [6, 6.07) is 2.19. The Kier molecular flexibility index (Phi) is 3.19. The molecule has 1 aliphatic heterocycles. The van der Waals surface area contributed by atoms with E-state index in [0.29, 0.717) is 22.5 Å². The number of rotatable bonds is 2. The maximum Gasteiger partial charge on any atom is 0.266 e. The molecule has 0 saturated carbocycles. The van der Waals surface area contributed by atoms with Gasteiger partial charge in [-0.15, -0.1) is 11.3 Å². The number of nitrogens with two attached hydrogens (primary N) is 1. The van der Waals surface area contributed by atoms with Crippen LogP contribution < -0.4 is 5.73 Å². The van der Waals surface area contributed by atoms with Gasteiger partial charge in [0.05, 0.1) is 5.69 Å². The molecule has 88 valence electrons. The molecule has 1 aromatic rings. The van der Waals surface area contributed by atoms with Crippen LogP contribution in [0.5, 0.6) is 0 Å². The molecule has 1 fully saturated rings. The van der Waals surface area contributed by atoms with Gasteiger partial charge in [0.2, 0.25) is 0 Å². The Morgan fingerprint density at radius 3 is 2.94 bits per heavy atom. The summed E-state index contributed by atoms with van der Waals surface area (Å²) in [6.45, 7) is 5.22. The number of hydrogen-bond donors (Lipinski definition) is 1. The van der Waals surface area contributed by atoms with Gasteiger partial charge in [0.1, 0.15) is 4.88 Å². The summed E-state index contributed by atoms with van der Waals surface area (Å²) < 4.78 is 0. The highest BCUT2D eigenvalue weighted by molar-refractivity contribution is 7.12. The number of likely N-dealkylation sites (tertiary alicyclic amines) is 1. The molecule has 2 rings (SSSR count). The van der Waals surface area contributed by atoms with E-state index in [-0.39, 0.29) is 5.91 Å². The quantitative estimate of drug-likeness (QED) is 0.860. The number of carbonyl (C=O) groups excluding carboxylic acids is 1. The molecule has 16 heavy (non-hydrogen) atoms. The molecule has 0 aliphatic carbocycles. The third kappa shape index (κ3) is 1.94. The van der Waals surface area contributed by atoms with Crippen molar-refractivity contribution in [2.75, 3.05) is 12.3 Å². The molecular weight excluding hydrogens is 220 g/mol. The molecule has 0 bridgehead atoms. The van der Waals surface area contributed by atoms with Crippen LogP contribution in [0.4, 0.5) is 5.69 Å². The van der Waals surface area contributed by atoms with Crippen molar-refractivity contribution in [3.8, 4) is 0 Å². The van der Waals surface area contributed by atoms with E-state index < -0.39 is 0 Å². The van der Waals surface area contributed by atoms with Crippen LogP contribution in [0.2, 0.25) is 0 Å². The number of carbonyl (C=O) groups is 1. The summed E-state index contributed by atoms with van der Waals surface area (Å²) >= 11 is 1.44. The van der Waals surface area contributed by atoms with Crippen LogP contribution in [0.25, 0.3) is 0 Å². The minimum atomic E-state index is 0.115. The first-order valence-corrected chi connectivity index (χ1v) is 6.63. The summed E-state index contributed by atoms with van der Waals surface area (Å²) in [5.74, 6) is 0.635. The normalized spacial score (nSPS) is 20.7. The molecule has 1 unspecified atom stereocenters. The molecule has 1 amide bonds. The molecule has 0 radical (unpaired) electrons. The van der Waals surface area contributed by atoms with Gasteiger partial charge in [-0.25, -0.2) is 0 Å². The Balaban J connectivity index is 2.19. The topological polar surface area (TPSA) is 46.3 Å². The lowest BCUT2D eigenvalue weighted by molar-refractivity contribution is 0.0707. The Morgan fingerprint density at radius 2 is 2.38 bits per heavy atom. The standard InChI is InChI=1S/C12H18N2OS/c1-8(2)10-4-3-6-14(10)12(15)11-9(13)5-7-16-11/h5,7-8,10H,3-4,6,13H2,1-2H3. The summed E-state index contributed by atoms with van der Waals surface area (Å²) in [5.41, 5.74) is 6.41. The Hall–Kier alpha value is -1.03. The number of thiophene rings is 1. The summed E-state index contributed by atoms with van der Waals surface area (Å²) in [4.78, 5) is 15.0. The number of nitrogens with zero attached hydrogens (tertiary/aromatic N) is 1. The van der Waals surface area contributed by atoms with Crippen LogP contribution in [-0.4, -0.2) is 23.4 Å². The molecule has 1 aliphatic rings. The van der Waals surface area contributed by atoms with Crippen molar-refractivity contribution in [3.05, 3.63) is 16.3 Å². The van der Waals surface area contributed by atoms with E-state index in [0.717, 1.165) is 19.4 Å². The van der Waals surface area contributed by atoms with Gasteiger partial charge in [0, 0.05) is 12.6 Å². The SMILES string of the molecule is CC(C)C1CCCN1C(=O)c1sccc1N. The highest BCUT2D eigenvalue weighted by Crippen LogP contribution is 2.28. The van der Waals surface area contributed by atoms with Crippen molar-refractivity contribution in [2.45, 2.75) is 32.7 Å². The zero-order valence-electron chi connectivity index (χ0n) is 9.77. The van der Waals surface area contributed by atoms with E-state index in [1.54, 1.807) is 6.07 Å². The average Bonchev–Trinajstić information content (AvgIpc) is 2.84. The number of hydrogen-bond acceptors (Lipinski definition) is 3. The lowest BCUT2D eigenvalue weighted by Crippen LogP contribution is -2.38. The van der Waals surface area contributed by atoms with Crippen molar-refractivity contribution in [1.29, 1.82) is 0 Å². The molecule has 1 atom stereocenters. The van der Waals surface area contributed by atoms with E-state index in [1.165, 1.54) is 11.3 Å². The number of anilines is 1. The highest BCUT2D eigenvalue weighted by Gasteiger charge is 2.32. The Labute approximate surface area is 100 Å². The van der Waals surface area contributed by atoms with E-state index in [2.05, 4.69) is 13.8 Å². The number of amides is 1. The number of nitrogen functional groups attached to an aromatic ring is 1. The first kappa shape index (κ1) is 11.5. The molecule has 0 aromatic carbocycles. The minimum Gasteiger partial charge on any atom is -0.397 e. The van der Waals surface area contributed by atoms with Crippen molar-refractivity contribution < 1.29 is 4.79 Å². The monoisotopic (exact) mass is 238 g/mol. The van der Waals surface area contributed by atoms with E-state index >= 15 is 0 Å². The van der Waals surface area contributed by atoms with Gasteiger partial charge in [0.25, 0.3) is 5.91 Å². The van der Waals surface area contributed by atoms with Crippen LogP contribution >= 0.6 is 11.3 Å². The molecule has 1 aromatic heterocycles. The molecular formula is C12H18N2OS. The third-order valence-corrected chi connectivity index (χ3v) is 4.14. The first-order valence-electron chi connectivity index (χ1n) is 5.75. The molecule has 2 N–H and O–H groups in total. The van der Waals surface area contributed by atoms with E-state index in [4.69, 9.17) is 5.73 Å². The van der Waals surface area contributed by atoms with Crippen LogP contribution in [0.1, 0.15) is 36.4 Å². The van der Waals surface area contributed by atoms with Crippen molar-refractivity contribution in [3.63, 3.8) is 0 Å². The van der Waals surface area contributed by atoms with Crippen molar-refractivity contribution in [1.82, 2.24) is 4.90 Å². The Morgan fingerprint density at radius 1 is 1.62 bits per heavy atom. The lowest BCUT2D eigenvalue weighted by Gasteiger charge is -2.27. The van der Waals surface area contributed by atoms with Crippen LogP contribution in [0.3, 0.4) is 0 Å². The van der Waals surface area contributed by atoms with Crippen LogP contribution in [0, 0.1) is 5.92 Å². The van der Waals surface area contributed by atoms with E-state index in [9.17, 15) is 4.79 Å². The second-order valence-electron chi connectivity index (χ2n) is 4.66. The van der Waals surface area contributed by atoms with Gasteiger partial charge in [-0.05, 0) is 30.2 Å². The fourth-order valence-corrected chi connectivity index (χ4v) is 3.13. The van der Waals surface area contributed by atoms with Crippen LogP contribution in [0.15, 0.2) is 11.4 Å². The van der Waals surface area contributed by atoms with Crippen molar-refractivity contribution >= 4 is 22.9 Å². The summed E-state index contributed by atoms with van der Waals surface area (Å²) in [5, 5.41) is 1.88. The largest absolute Gasteiger partial charge is 0.397 e. The van der Waals surface area contributed by atoms with Gasteiger partial charge < -0.3 is 10.6 Å². The van der Waals surface area contributed by atoms with Crippen molar-refractivity contribution in [2.24, 2.45) is 5.92 Å². The predicted octanol–water partition coefficient (Wildman–Crippen LogP) is 2.59. The van der Waals surface area contributed by atoms with Gasteiger partial charge in [-0.1, -0.05) is 13.8 Å².